The standard InChI is InChI=1S/C20H25N5O4/c1-13-9-14(2)25(22-13)17-7-6-15(10-21-17)19(27)23(3)12-18(26)24-8-4-5-16(11-24)20(28)29/h6-7,9-10,16H,4-5,8,11-12H2,1-3H3,(H,28,29). The smallest absolute Gasteiger partial charge is 0.308 e. The van der Waals surface area contributed by atoms with E-state index in [9.17, 15) is 14.4 Å². The first kappa shape index (κ1) is 20.5. The molecule has 0 aliphatic carbocycles. The fourth-order valence-corrected chi connectivity index (χ4v) is 3.50. The van der Waals surface area contributed by atoms with Gasteiger partial charge in [-0.2, -0.15) is 5.10 Å². The number of hydrogen-bond acceptors (Lipinski definition) is 5. The summed E-state index contributed by atoms with van der Waals surface area (Å²) >= 11 is 0. The van der Waals surface area contributed by atoms with Crippen LogP contribution in [0.5, 0.6) is 0 Å². The first-order valence-corrected chi connectivity index (χ1v) is 9.52. The lowest BCUT2D eigenvalue weighted by Gasteiger charge is -2.32. The molecule has 0 radical (unpaired) electrons. The molecule has 9 nitrogen and oxygen atoms in total. The van der Waals surface area contributed by atoms with Crippen molar-refractivity contribution < 1.29 is 19.5 Å². The summed E-state index contributed by atoms with van der Waals surface area (Å²) in [6, 6.07) is 5.31. The largest absolute Gasteiger partial charge is 0.481 e. The molecular weight excluding hydrogens is 374 g/mol. The van der Waals surface area contributed by atoms with E-state index < -0.39 is 11.9 Å². The second kappa shape index (κ2) is 8.42. The summed E-state index contributed by atoms with van der Waals surface area (Å²) in [6.45, 7) is 4.42. The quantitative estimate of drug-likeness (QED) is 0.811. The SMILES string of the molecule is Cc1cc(C)n(-c2ccc(C(=O)N(C)CC(=O)N3CCCC(C(=O)O)C3)cn2)n1. The Hall–Kier alpha value is -3.23. The number of aryl methyl sites for hydroxylation is 2. The number of likely N-dealkylation sites (N-methyl/N-ethyl adjacent to an activating group) is 1. The Morgan fingerprint density at radius 3 is 2.62 bits per heavy atom. The number of amides is 2. The van der Waals surface area contributed by atoms with Crippen LogP contribution >= 0.6 is 0 Å². The van der Waals surface area contributed by atoms with Gasteiger partial charge in [0.1, 0.15) is 0 Å². The zero-order valence-corrected chi connectivity index (χ0v) is 16.8. The number of rotatable bonds is 5. The van der Waals surface area contributed by atoms with Gasteiger partial charge in [0.2, 0.25) is 5.91 Å². The monoisotopic (exact) mass is 399 g/mol. The normalized spacial score (nSPS) is 16.5. The van der Waals surface area contributed by atoms with Crippen molar-refractivity contribution >= 4 is 17.8 Å². The molecule has 1 aliphatic heterocycles. The summed E-state index contributed by atoms with van der Waals surface area (Å²) in [6.07, 6.45) is 2.69. The highest BCUT2D eigenvalue weighted by Crippen LogP contribution is 2.17. The van der Waals surface area contributed by atoms with Gasteiger partial charge >= 0.3 is 5.97 Å². The van der Waals surface area contributed by atoms with Crippen molar-refractivity contribution in [1.29, 1.82) is 0 Å². The van der Waals surface area contributed by atoms with Crippen LogP contribution in [0.4, 0.5) is 0 Å². The van der Waals surface area contributed by atoms with Crippen molar-refractivity contribution in [2.24, 2.45) is 5.92 Å². The Balaban J connectivity index is 1.63. The van der Waals surface area contributed by atoms with Crippen molar-refractivity contribution in [3.05, 3.63) is 41.3 Å². The van der Waals surface area contributed by atoms with Gasteiger partial charge in [-0.1, -0.05) is 0 Å². The Labute approximate surface area is 168 Å². The number of carbonyl (C=O) groups is 3. The van der Waals surface area contributed by atoms with Crippen LogP contribution < -0.4 is 0 Å². The number of nitrogens with zero attached hydrogens (tertiary/aromatic N) is 5. The number of carbonyl (C=O) groups excluding carboxylic acids is 2. The summed E-state index contributed by atoms with van der Waals surface area (Å²) in [5.74, 6) is -1.39. The molecule has 1 fully saturated rings. The second-order valence-corrected chi connectivity index (χ2v) is 7.42. The lowest BCUT2D eigenvalue weighted by atomic mass is 9.98. The van der Waals surface area contributed by atoms with Crippen molar-refractivity contribution in [2.75, 3.05) is 26.7 Å². The topological polar surface area (TPSA) is 109 Å². The van der Waals surface area contributed by atoms with E-state index >= 15 is 0 Å². The van der Waals surface area contributed by atoms with Crippen LogP contribution in [-0.2, 0) is 9.59 Å². The molecule has 1 aliphatic rings. The molecule has 2 amide bonds. The lowest BCUT2D eigenvalue weighted by Crippen LogP contribution is -2.46. The first-order valence-electron chi connectivity index (χ1n) is 9.52. The number of piperidine rings is 1. The van der Waals surface area contributed by atoms with E-state index in [1.54, 1.807) is 23.9 Å². The molecule has 9 heteroatoms. The Morgan fingerprint density at radius 2 is 2.03 bits per heavy atom. The third-order valence-corrected chi connectivity index (χ3v) is 5.06. The van der Waals surface area contributed by atoms with Gasteiger partial charge in [0.15, 0.2) is 5.82 Å². The number of aromatic nitrogens is 3. The van der Waals surface area contributed by atoms with E-state index in [0.29, 0.717) is 30.8 Å². The van der Waals surface area contributed by atoms with E-state index in [4.69, 9.17) is 5.11 Å². The zero-order chi connectivity index (χ0) is 21.1. The number of hydrogen-bond donors (Lipinski definition) is 1. The lowest BCUT2D eigenvalue weighted by molar-refractivity contribution is -0.145. The van der Waals surface area contributed by atoms with Crippen LogP contribution in [0.3, 0.4) is 0 Å². The van der Waals surface area contributed by atoms with Gasteiger partial charge in [0.25, 0.3) is 5.91 Å². The van der Waals surface area contributed by atoms with Gasteiger partial charge in [0.05, 0.1) is 23.7 Å². The summed E-state index contributed by atoms with van der Waals surface area (Å²) in [5, 5.41) is 13.5. The summed E-state index contributed by atoms with van der Waals surface area (Å²) in [5.41, 5.74) is 2.19. The molecule has 0 bridgehead atoms. The predicted molar refractivity (Wildman–Crippen MR) is 105 cm³/mol. The number of carboxylic acids is 1. The molecule has 1 atom stereocenters. The van der Waals surface area contributed by atoms with Crippen LogP contribution in [0.25, 0.3) is 5.82 Å². The van der Waals surface area contributed by atoms with Crippen LogP contribution in [0.2, 0.25) is 0 Å². The van der Waals surface area contributed by atoms with Crippen LogP contribution in [-0.4, -0.2) is 74.1 Å². The highest BCUT2D eigenvalue weighted by molar-refractivity contribution is 5.96. The molecule has 0 aromatic carbocycles. The summed E-state index contributed by atoms with van der Waals surface area (Å²) in [7, 11) is 1.55. The Kier molecular flexibility index (Phi) is 5.95. The number of pyridine rings is 1. The molecule has 1 saturated heterocycles. The first-order chi connectivity index (χ1) is 13.8. The molecule has 2 aromatic rings. The van der Waals surface area contributed by atoms with Crippen LogP contribution in [0.1, 0.15) is 34.6 Å². The summed E-state index contributed by atoms with van der Waals surface area (Å²) in [4.78, 5) is 43.5. The highest BCUT2D eigenvalue weighted by Gasteiger charge is 2.29. The van der Waals surface area contributed by atoms with Crippen LogP contribution in [0, 0.1) is 19.8 Å². The van der Waals surface area contributed by atoms with Crippen molar-refractivity contribution in [1.82, 2.24) is 24.6 Å². The zero-order valence-electron chi connectivity index (χ0n) is 16.8. The van der Waals surface area contributed by atoms with Crippen molar-refractivity contribution in [2.45, 2.75) is 26.7 Å². The third-order valence-electron chi connectivity index (χ3n) is 5.06. The van der Waals surface area contributed by atoms with Gasteiger partial charge in [-0.3, -0.25) is 14.4 Å². The molecule has 1 N–H and O–H groups in total. The van der Waals surface area contributed by atoms with Gasteiger partial charge in [-0.15, -0.1) is 0 Å². The van der Waals surface area contributed by atoms with Gasteiger partial charge in [-0.05, 0) is 44.9 Å². The predicted octanol–water partition coefficient (Wildman–Crippen LogP) is 1.28. The van der Waals surface area contributed by atoms with E-state index in [2.05, 4.69) is 10.1 Å². The van der Waals surface area contributed by atoms with Gasteiger partial charge in [-0.25, -0.2) is 9.67 Å². The minimum Gasteiger partial charge on any atom is -0.481 e. The molecular formula is C20H25N5O4. The van der Waals surface area contributed by atoms with E-state index in [0.717, 1.165) is 11.4 Å². The Bertz CT molecular complexity index is 921. The number of carboxylic acid groups (broad SMARTS) is 1. The van der Waals surface area contributed by atoms with Gasteiger partial charge < -0.3 is 14.9 Å². The molecule has 3 heterocycles. The molecule has 0 spiro atoms. The average Bonchev–Trinajstić information content (AvgIpc) is 3.05. The maximum atomic E-state index is 12.7. The molecule has 3 rings (SSSR count). The third kappa shape index (κ3) is 4.61. The summed E-state index contributed by atoms with van der Waals surface area (Å²) < 4.78 is 1.70. The fraction of sp³-hybridized carbons (Fsp3) is 0.450. The molecule has 2 aromatic heterocycles. The maximum absolute atomic E-state index is 12.7. The number of likely N-dealkylation sites (tertiary alicyclic amines) is 1. The van der Waals surface area contributed by atoms with Gasteiger partial charge in [0, 0.05) is 32.0 Å². The average molecular weight is 399 g/mol. The molecule has 1 unspecified atom stereocenters. The van der Waals surface area contributed by atoms with Crippen LogP contribution in [0.15, 0.2) is 24.4 Å². The van der Waals surface area contributed by atoms with Crippen molar-refractivity contribution in [3.8, 4) is 5.82 Å². The minimum atomic E-state index is -0.888. The Morgan fingerprint density at radius 1 is 1.28 bits per heavy atom. The van der Waals surface area contributed by atoms with Crippen molar-refractivity contribution in [3.63, 3.8) is 0 Å². The molecule has 29 heavy (non-hydrogen) atoms. The minimum absolute atomic E-state index is 0.107. The maximum Gasteiger partial charge on any atom is 0.308 e. The highest BCUT2D eigenvalue weighted by atomic mass is 16.4. The van der Waals surface area contributed by atoms with E-state index in [1.807, 2.05) is 19.9 Å². The van der Waals surface area contributed by atoms with E-state index in [-0.39, 0.29) is 24.9 Å². The molecule has 0 saturated carbocycles. The second-order valence-electron chi connectivity index (χ2n) is 7.42. The molecule has 154 valence electrons. The van der Waals surface area contributed by atoms with E-state index in [1.165, 1.54) is 16.0 Å². The number of aliphatic carboxylic acids is 1. The fourth-order valence-electron chi connectivity index (χ4n) is 3.50.